The number of para-hydroxylation sites is 1. The summed E-state index contributed by atoms with van der Waals surface area (Å²) in [6.07, 6.45) is 0.770. The van der Waals surface area contributed by atoms with Crippen LogP contribution in [0.4, 0.5) is 0 Å². The minimum atomic E-state index is -2.64. The quantitative estimate of drug-likeness (QED) is 0.327. The summed E-state index contributed by atoms with van der Waals surface area (Å²) < 4.78 is 23.8. The van der Waals surface area contributed by atoms with Crippen LogP contribution in [0.5, 0.6) is 5.75 Å². The average Bonchev–Trinajstić information content (AvgIpc) is 2.67. The molecule has 0 aliphatic carbocycles. The summed E-state index contributed by atoms with van der Waals surface area (Å²) in [7, 11) is -2.64. The Morgan fingerprint density at radius 2 is 1.44 bits per heavy atom. The van der Waals surface area contributed by atoms with Crippen molar-refractivity contribution in [1.29, 1.82) is 0 Å². The second-order valence-electron chi connectivity index (χ2n) is 5.92. The Kier molecular flexibility index (Phi) is 9.31. The van der Waals surface area contributed by atoms with Gasteiger partial charge in [-0.2, -0.15) is 0 Å². The molecular weight excluding hydrogens is 380 g/mol. The summed E-state index contributed by atoms with van der Waals surface area (Å²) in [6, 6.07) is 16.6. The summed E-state index contributed by atoms with van der Waals surface area (Å²) in [4.78, 5) is 0. The van der Waals surface area contributed by atoms with Crippen molar-refractivity contribution in [3.8, 4) is 16.9 Å². The van der Waals surface area contributed by atoms with Gasteiger partial charge in [0.05, 0.1) is 11.6 Å². The smallest absolute Gasteiger partial charge is 0.491 e. The van der Waals surface area contributed by atoms with Crippen LogP contribution in [-0.4, -0.2) is 35.2 Å². The van der Waals surface area contributed by atoms with Gasteiger partial charge in [-0.15, -0.1) is 0 Å². The minimum absolute atomic E-state index is 0.519. The lowest BCUT2D eigenvalue weighted by molar-refractivity contribution is 0.0697. The van der Waals surface area contributed by atoms with Crippen LogP contribution in [0.2, 0.25) is 11.1 Å². The summed E-state index contributed by atoms with van der Waals surface area (Å²) >= 11 is 6.41. The standard InChI is InChI=1S/C21H29ClO4Si/c1-4-24-27(25-5-2,26-6-3)17-11-16-23-21-19(14-10-15-20(21)22)18-12-8-7-9-13-18/h7-10,12-15H,4-6,11,16-17H2,1-3H3. The molecule has 0 aliphatic rings. The van der Waals surface area contributed by atoms with Gasteiger partial charge >= 0.3 is 8.80 Å². The number of ether oxygens (including phenoxy) is 1. The highest BCUT2D eigenvalue weighted by molar-refractivity contribution is 6.60. The molecule has 0 fully saturated rings. The molecular formula is C21H29ClO4Si. The van der Waals surface area contributed by atoms with Gasteiger partial charge in [0.25, 0.3) is 0 Å². The molecule has 0 unspecified atom stereocenters. The molecule has 0 N–H and O–H groups in total. The highest BCUT2D eigenvalue weighted by Gasteiger charge is 2.39. The minimum Gasteiger partial charge on any atom is -0.491 e. The first-order chi connectivity index (χ1) is 13.2. The number of benzene rings is 2. The van der Waals surface area contributed by atoms with E-state index in [9.17, 15) is 0 Å². The first-order valence-electron chi connectivity index (χ1n) is 9.54. The van der Waals surface area contributed by atoms with Crippen molar-refractivity contribution in [2.45, 2.75) is 33.2 Å². The van der Waals surface area contributed by atoms with Gasteiger partial charge in [0.15, 0.2) is 0 Å². The highest BCUT2D eigenvalue weighted by atomic mass is 35.5. The highest BCUT2D eigenvalue weighted by Crippen LogP contribution is 2.36. The third-order valence-electron chi connectivity index (χ3n) is 4.02. The van der Waals surface area contributed by atoms with Gasteiger partial charge in [-0.05, 0) is 38.8 Å². The van der Waals surface area contributed by atoms with E-state index in [4.69, 9.17) is 29.6 Å². The molecule has 4 nitrogen and oxygen atoms in total. The van der Waals surface area contributed by atoms with Crippen molar-refractivity contribution in [2.75, 3.05) is 26.4 Å². The number of rotatable bonds is 12. The van der Waals surface area contributed by atoms with E-state index < -0.39 is 8.80 Å². The van der Waals surface area contributed by atoms with Gasteiger partial charge in [0, 0.05) is 31.4 Å². The average molecular weight is 409 g/mol. The lowest BCUT2D eigenvalue weighted by atomic mass is 10.0. The fraction of sp³-hybridized carbons (Fsp3) is 0.429. The van der Waals surface area contributed by atoms with Gasteiger partial charge in [0.1, 0.15) is 5.75 Å². The topological polar surface area (TPSA) is 36.9 Å². The lowest BCUT2D eigenvalue weighted by Gasteiger charge is -2.28. The molecule has 0 bridgehead atoms. The van der Waals surface area contributed by atoms with Crippen LogP contribution in [0, 0.1) is 0 Å². The fourth-order valence-electron chi connectivity index (χ4n) is 2.96. The van der Waals surface area contributed by atoms with Crippen molar-refractivity contribution in [1.82, 2.24) is 0 Å². The zero-order valence-corrected chi connectivity index (χ0v) is 18.1. The van der Waals surface area contributed by atoms with E-state index in [1.165, 1.54) is 0 Å². The zero-order chi connectivity index (χ0) is 19.5. The van der Waals surface area contributed by atoms with Crippen molar-refractivity contribution >= 4 is 20.4 Å². The summed E-state index contributed by atoms with van der Waals surface area (Å²) in [5.41, 5.74) is 2.07. The van der Waals surface area contributed by atoms with Crippen LogP contribution in [0.15, 0.2) is 48.5 Å². The third kappa shape index (κ3) is 6.33. The largest absolute Gasteiger partial charge is 0.501 e. The van der Waals surface area contributed by atoms with Crippen LogP contribution in [0.1, 0.15) is 27.2 Å². The first kappa shape index (κ1) is 21.9. The Balaban J connectivity index is 2.04. The second kappa shape index (κ2) is 11.5. The molecule has 0 saturated carbocycles. The molecule has 0 heterocycles. The fourth-order valence-corrected chi connectivity index (χ4v) is 5.77. The van der Waals surface area contributed by atoms with Crippen molar-refractivity contribution in [3.63, 3.8) is 0 Å². The van der Waals surface area contributed by atoms with E-state index >= 15 is 0 Å². The van der Waals surface area contributed by atoms with Crippen LogP contribution in [-0.2, 0) is 13.3 Å². The predicted octanol–water partition coefficient (Wildman–Crippen LogP) is 5.82. The van der Waals surface area contributed by atoms with Gasteiger partial charge < -0.3 is 18.0 Å². The van der Waals surface area contributed by atoms with E-state index in [2.05, 4.69) is 12.1 Å². The predicted molar refractivity (Wildman–Crippen MR) is 112 cm³/mol. The van der Waals surface area contributed by atoms with Gasteiger partial charge in [-0.25, -0.2) is 0 Å². The van der Waals surface area contributed by atoms with E-state index in [0.717, 1.165) is 17.5 Å². The molecule has 0 atom stereocenters. The number of halogens is 1. The van der Waals surface area contributed by atoms with E-state index in [1.807, 2.05) is 57.2 Å². The SMILES string of the molecule is CCO[Si](CCCOc1c(Cl)cccc1-c1ccccc1)(OCC)OCC. The van der Waals surface area contributed by atoms with E-state index in [1.54, 1.807) is 0 Å². The number of hydrogen-bond donors (Lipinski definition) is 0. The van der Waals surface area contributed by atoms with Gasteiger partial charge in [-0.1, -0.05) is 54.1 Å². The maximum absolute atomic E-state index is 6.41. The van der Waals surface area contributed by atoms with Crippen LogP contribution in [0.25, 0.3) is 11.1 Å². The number of hydrogen-bond acceptors (Lipinski definition) is 4. The maximum atomic E-state index is 6.41. The van der Waals surface area contributed by atoms with Crippen LogP contribution in [0.3, 0.4) is 0 Å². The van der Waals surface area contributed by atoms with E-state index in [-0.39, 0.29) is 0 Å². The van der Waals surface area contributed by atoms with E-state index in [0.29, 0.717) is 43.2 Å². The van der Waals surface area contributed by atoms with Crippen molar-refractivity contribution < 1.29 is 18.0 Å². The molecule has 6 heteroatoms. The zero-order valence-electron chi connectivity index (χ0n) is 16.4. The Labute approximate surface area is 168 Å². The van der Waals surface area contributed by atoms with Gasteiger partial charge in [-0.3, -0.25) is 0 Å². The molecule has 2 rings (SSSR count). The summed E-state index contributed by atoms with van der Waals surface area (Å²) in [6.45, 7) is 8.15. The first-order valence-corrected chi connectivity index (χ1v) is 11.8. The Hall–Kier alpha value is -1.37. The molecule has 148 valence electrons. The summed E-state index contributed by atoms with van der Waals surface area (Å²) in [5, 5.41) is 0.610. The summed E-state index contributed by atoms with van der Waals surface area (Å²) in [5.74, 6) is 0.710. The molecule has 2 aromatic rings. The molecule has 0 radical (unpaired) electrons. The van der Waals surface area contributed by atoms with Gasteiger partial charge in [0.2, 0.25) is 0 Å². The van der Waals surface area contributed by atoms with Crippen molar-refractivity contribution in [2.24, 2.45) is 0 Å². The molecule has 0 aromatic heterocycles. The Morgan fingerprint density at radius 3 is 2.04 bits per heavy atom. The monoisotopic (exact) mass is 408 g/mol. The lowest BCUT2D eigenvalue weighted by Crippen LogP contribution is -2.46. The molecule has 0 spiro atoms. The van der Waals surface area contributed by atoms with Crippen LogP contribution >= 0.6 is 11.6 Å². The molecule has 27 heavy (non-hydrogen) atoms. The third-order valence-corrected chi connectivity index (χ3v) is 7.47. The molecule has 2 aromatic carbocycles. The van der Waals surface area contributed by atoms with Crippen LogP contribution < -0.4 is 4.74 Å². The second-order valence-corrected chi connectivity index (χ2v) is 9.06. The Morgan fingerprint density at radius 1 is 0.815 bits per heavy atom. The maximum Gasteiger partial charge on any atom is 0.501 e. The normalized spacial score (nSPS) is 11.6. The molecule has 0 amide bonds. The Bertz CT molecular complexity index is 664. The molecule has 0 saturated heterocycles. The van der Waals surface area contributed by atoms with Crippen molar-refractivity contribution in [3.05, 3.63) is 53.6 Å². The molecule has 0 aliphatic heterocycles.